The van der Waals surface area contributed by atoms with Crippen LogP contribution in [0.2, 0.25) is 0 Å². The molecule has 0 fully saturated rings. The average Bonchev–Trinajstić information content (AvgIpc) is 2.37. The Morgan fingerprint density at radius 1 is 1.37 bits per heavy atom. The molecule has 0 aromatic heterocycles. The molecule has 0 bridgehead atoms. The monoisotopic (exact) mass is 274 g/mol. The van der Waals surface area contributed by atoms with Gasteiger partial charge in [0.2, 0.25) is 0 Å². The van der Waals surface area contributed by atoms with Crippen LogP contribution in [0, 0.1) is 0 Å². The van der Waals surface area contributed by atoms with Gasteiger partial charge in [0, 0.05) is 17.8 Å². The quantitative estimate of drug-likeness (QED) is 0.572. The van der Waals surface area contributed by atoms with Crippen LogP contribution < -0.4 is 5.73 Å². The number of hydrogen-bond acceptors (Lipinski definition) is 3. The second kappa shape index (κ2) is 8.74. The van der Waals surface area contributed by atoms with Crippen molar-refractivity contribution in [1.29, 1.82) is 0 Å². The van der Waals surface area contributed by atoms with Gasteiger partial charge in [-0.2, -0.15) is 0 Å². The van der Waals surface area contributed by atoms with Gasteiger partial charge in [-0.05, 0) is 40.6 Å². The van der Waals surface area contributed by atoms with Crippen LogP contribution in [0.1, 0.15) is 27.2 Å². The first-order valence-electron chi connectivity index (χ1n) is 6.28. The third-order valence-electron chi connectivity index (χ3n) is 3.00. The van der Waals surface area contributed by atoms with E-state index < -0.39 is 12.5 Å². The Kier molecular flexibility index (Phi) is 8.14. The molecule has 0 aliphatic rings. The lowest BCUT2D eigenvalue weighted by molar-refractivity contribution is 0.108. The zero-order valence-electron chi connectivity index (χ0n) is 12.2. The summed E-state index contributed by atoms with van der Waals surface area (Å²) in [5.41, 5.74) is 6.72. The summed E-state index contributed by atoms with van der Waals surface area (Å²) < 4.78 is 26.0. The predicted molar refractivity (Wildman–Crippen MR) is 77.1 cm³/mol. The summed E-state index contributed by atoms with van der Waals surface area (Å²) >= 11 is 0. The highest BCUT2D eigenvalue weighted by molar-refractivity contribution is 6.01. The molecule has 0 aliphatic heterocycles. The minimum atomic E-state index is -2.52. The molecule has 6 heteroatoms. The third-order valence-corrected chi connectivity index (χ3v) is 3.00. The highest BCUT2D eigenvalue weighted by Gasteiger charge is 2.21. The van der Waals surface area contributed by atoms with Gasteiger partial charge in [-0.25, -0.2) is 13.8 Å². The van der Waals surface area contributed by atoms with E-state index >= 15 is 0 Å². The smallest absolute Gasteiger partial charge is 0.260 e. The van der Waals surface area contributed by atoms with Crippen LogP contribution >= 0.6 is 0 Å². The van der Waals surface area contributed by atoms with Crippen molar-refractivity contribution in [2.45, 2.75) is 39.7 Å². The zero-order valence-corrected chi connectivity index (χ0v) is 12.2. The standard InChI is InChI=1S/C13H24F2N4/c1-6-19(5)8-7-11(12(14)15)18-13(17-4)9(2)10(3)16/h11-12H,4,6-8,16H2,1-3,5H3. The van der Waals surface area contributed by atoms with Gasteiger partial charge in [-0.3, -0.25) is 4.99 Å². The van der Waals surface area contributed by atoms with Crippen molar-refractivity contribution in [3.63, 3.8) is 0 Å². The van der Waals surface area contributed by atoms with E-state index in [1.165, 1.54) is 0 Å². The summed E-state index contributed by atoms with van der Waals surface area (Å²) in [7, 11) is 1.88. The molecule has 0 saturated heterocycles. The molecule has 1 unspecified atom stereocenters. The highest BCUT2D eigenvalue weighted by atomic mass is 19.3. The Morgan fingerprint density at radius 2 is 1.95 bits per heavy atom. The van der Waals surface area contributed by atoms with Crippen molar-refractivity contribution in [2.24, 2.45) is 15.7 Å². The molecule has 0 heterocycles. The third kappa shape index (κ3) is 6.42. The van der Waals surface area contributed by atoms with E-state index in [0.29, 0.717) is 17.8 Å². The molecular weight excluding hydrogens is 250 g/mol. The fraction of sp³-hybridized carbons (Fsp3) is 0.692. The SMILES string of the molecule is C=NC(=NC(CCN(C)CC)C(F)F)C(C)=C(C)N. The molecular formula is C13H24F2N4. The summed E-state index contributed by atoms with van der Waals surface area (Å²) in [5.74, 6) is 0.199. The van der Waals surface area contributed by atoms with Crippen molar-refractivity contribution in [3.8, 4) is 0 Å². The lowest BCUT2D eigenvalue weighted by Crippen LogP contribution is -2.26. The molecule has 0 saturated carbocycles. The van der Waals surface area contributed by atoms with Gasteiger partial charge < -0.3 is 10.6 Å². The van der Waals surface area contributed by atoms with Crippen molar-refractivity contribution < 1.29 is 8.78 Å². The Morgan fingerprint density at radius 3 is 2.32 bits per heavy atom. The second-order valence-corrected chi connectivity index (χ2v) is 4.51. The molecule has 0 aromatic rings. The predicted octanol–water partition coefficient (Wildman–Crippen LogP) is 2.31. The first-order chi connectivity index (χ1) is 8.83. The van der Waals surface area contributed by atoms with E-state index in [9.17, 15) is 8.78 Å². The van der Waals surface area contributed by atoms with E-state index in [1.807, 2.05) is 18.9 Å². The first kappa shape index (κ1) is 17.7. The summed E-state index contributed by atoms with van der Waals surface area (Å²) in [6.07, 6.45) is -2.24. The van der Waals surface area contributed by atoms with Crippen LogP contribution in [0.3, 0.4) is 0 Å². The first-order valence-corrected chi connectivity index (χ1v) is 6.28. The van der Waals surface area contributed by atoms with E-state index in [1.54, 1.807) is 13.8 Å². The van der Waals surface area contributed by atoms with Gasteiger partial charge in [0.15, 0.2) is 5.84 Å². The second-order valence-electron chi connectivity index (χ2n) is 4.51. The molecule has 2 N–H and O–H groups in total. The van der Waals surface area contributed by atoms with Crippen molar-refractivity contribution in [3.05, 3.63) is 11.3 Å². The van der Waals surface area contributed by atoms with E-state index in [4.69, 9.17) is 5.73 Å². The summed E-state index contributed by atoms with van der Waals surface area (Å²) in [6, 6.07) is -1.08. The number of amidine groups is 1. The van der Waals surface area contributed by atoms with Gasteiger partial charge in [0.05, 0.1) is 0 Å². The molecule has 110 valence electrons. The molecule has 0 spiro atoms. The van der Waals surface area contributed by atoms with Crippen LogP contribution in [0.5, 0.6) is 0 Å². The molecule has 0 rings (SSSR count). The van der Waals surface area contributed by atoms with Crippen LogP contribution in [-0.2, 0) is 0 Å². The number of halogens is 2. The van der Waals surface area contributed by atoms with Crippen LogP contribution in [0.4, 0.5) is 8.78 Å². The number of rotatable bonds is 7. The number of allylic oxidation sites excluding steroid dienone is 1. The van der Waals surface area contributed by atoms with Gasteiger partial charge in [0.25, 0.3) is 6.43 Å². The summed E-state index contributed by atoms with van der Waals surface area (Å²) in [4.78, 5) is 9.65. The molecule has 4 nitrogen and oxygen atoms in total. The zero-order chi connectivity index (χ0) is 15.0. The number of nitrogens with two attached hydrogens (primary N) is 1. The average molecular weight is 274 g/mol. The van der Waals surface area contributed by atoms with Crippen LogP contribution in [0.25, 0.3) is 0 Å². The molecule has 0 radical (unpaired) electrons. The van der Waals surface area contributed by atoms with E-state index in [2.05, 4.69) is 16.7 Å². The summed E-state index contributed by atoms with van der Waals surface area (Å²) in [6.45, 7) is 10.1. The molecule has 0 amide bonds. The molecule has 1 atom stereocenters. The van der Waals surface area contributed by atoms with Crippen molar-refractivity contribution in [1.82, 2.24) is 4.90 Å². The maximum absolute atomic E-state index is 13.0. The largest absolute Gasteiger partial charge is 0.402 e. The van der Waals surface area contributed by atoms with Crippen molar-refractivity contribution in [2.75, 3.05) is 20.1 Å². The Hall–Kier alpha value is -1.30. The van der Waals surface area contributed by atoms with Crippen LogP contribution in [0.15, 0.2) is 21.3 Å². The molecule has 0 aromatic carbocycles. The lowest BCUT2D eigenvalue weighted by atomic mass is 10.2. The normalized spacial score (nSPS) is 15.7. The van der Waals surface area contributed by atoms with Gasteiger partial charge in [-0.15, -0.1) is 0 Å². The topological polar surface area (TPSA) is 54.0 Å². The number of alkyl halides is 2. The van der Waals surface area contributed by atoms with Crippen molar-refractivity contribution >= 4 is 12.6 Å². The molecule has 19 heavy (non-hydrogen) atoms. The maximum atomic E-state index is 13.0. The summed E-state index contributed by atoms with van der Waals surface area (Å²) in [5, 5.41) is 0. The van der Waals surface area contributed by atoms with Crippen LogP contribution in [-0.4, -0.2) is 50.1 Å². The Balaban J connectivity index is 4.98. The van der Waals surface area contributed by atoms with Gasteiger partial charge in [0.1, 0.15) is 6.04 Å². The van der Waals surface area contributed by atoms with Gasteiger partial charge >= 0.3 is 0 Å². The van der Waals surface area contributed by atoms with Gasteiger partial charge in [-0.1, -0.05) is 6.92 Å². The number of aliphatic imine (C=N–C) groups is 2. The molecule has 0 aliphatic carbocycles. The van der Waals surface area contributed by atoms with E-state index in [0.717, 1.165) is 6.54 Å². The highest BCUT2D eigenvalue weighted by Crippen LogP contribution is 2.14. The number of hydrogen-bond donors (Lipinski definition) is 1. The Bertz CT molecular complexity index is 347. The fourth-order valence-corrected chi connectivity index (χ4v) is 1.35. The van der Waals surface area contributed by atoms with E-state index in [-0.39, 0.29) is 12.3 Å². The minimum absolute atomic E-state index is 0.199. The number of nitrogens with zero attached hydrogens (tertiary/aromatic N) is 3. The minimum Gasteiger partial charge on any atom is -0.402 e. The lowest BCUT2D eigenvalue weighted by Gasteiger charge is -2.18. The maximum Gasteiger partial charge on any atom is 0.260 e. The Labute approximate surface area is 114 Å². The fourth-order valence-electron chi connectivity index (χ4n) is 1.35.